The fourth-order valence-corrected chi connectivity index (χ4v) is 4.36. The van der Waals surface area contributed by atoms with Crippen molar-refractivity contribution in [2.75, 3.05) is 44.2 Å². The van der Waals surface area contributed by atoms with Gasteiger partial charge >= 0.3 is 0 Å². The van der Waals surface area contributed by atoms with E-state index in [0.717, 1.165) is 57.1 Å². The summed E-state index contributed by atoms with van der Waals surface area (Å²) in [7, 11) is 0. The quantitative estimate of drug-likeness (QED) is 0.835. The Bertz CT molecular complexity index is 702. The summed E-state index contributed by atoms with van der Waals surface area (Å²) in [6, 6.07) is 9.84. The van der Waals surface area contributed by atoms with Crippen molar-refractivity contribution in [1.82, 2.24) is 9.80 Å². The summed E-state index contributed by atoms with van der Waals surface area (Å²) in [5.41, 5.74) is 2.23. The molecule has 0 radical (unpaired) electrons. The molecule has 0 bridgehead atoms. The highest BCUT2D eigenvalue weighted by Gasteiger charge is 2.28. The molecule has 1 aromatic carbocycles. The van der Waals surface area contributed by atoms with Crippen LogP contribution in [-0.2, 0) is 6.54 Å². The van der Waals surface area contributed by atoms with Gasteiger partial charge in [-0.25, -0.2) is 4.39 Å². The molecule has 2 aliphatic rings. The number of nitrogens with zero attached hydrogens (tertiary/aromatic N) is 3. The number of aryl methyl sites for hydroxylation is 1. The molecule has 1 aromatic heterocycles. The number of piperazine rings is 1. The predicted molar refractivity (Wildman–Crippen MR) is 102 cm³/mol. The van der Waals surface area contributed by atoms with E-state index in [1.54, 1.807) is 18.4 Å². The molecular formula is C21H28FN3O. The smallest absolute Gasteiger partial charge is 0.123 e. The minimum Gasteiger partial charge on any atom is -0.468 e. The van der Waals surface area contributed by atoms with Gasteiger partial charge in [0.2, 0.25) is 0 Å². The Labute approximate surface area is 155 Å². The molecule has 0 saturated carbocycles. The van der Waals surface area contributed by atoms with Crippen LogP contribution in [0.15, 0.2) is 41.0 Å². The van der Waals surface area contributed by atoms with Crippen molar-refractivity contribution in [3.05, 3.63) is 53.7 Å². The van der Waals surface area contributed by atoms with Crippen LogP contribution in [0.1, 0.15) is 24.2 Å². The van der Waals surface area contributed by atoms with Gasteiger partial charge in [0.1, 0.15) is 11.6 Å². The first-order valence-corrected chi connectivity index (χ1v) is 9.69. The second-order valence-corrected chi connectivity index (χ2v) is 7.54. The molecular weight excluding hydrogens is 329 g/mol. The summed E-state index contributed by atoms with van der Waals surface area (Å²) in [6.45, 7) is 9.54. The summed E-state index contributed by atoms with van der Waals surface area (Å²) in [4.78, 5) is 7.55. The molecule has 4 rings (SSSR count). The van der Waals surface area contributed by atoms with Crippen LogP contribution in [0.3, 0.4) is 0 Å². The Morgan fingerprint density at radius 3 is 2.46 bits per heavy atom. The lowest BCUT2D eigenvalue weighted by Crippen LogP contribution is -2.53. The first-order chi connectivity index (χ1) is 12.7. The third-order valence-electron chi connectivity index (χ3n) is 5.85. The van der Waals surface area contributed by atoms with Crippen molar-refractivity contribution >= 4 is 5.69 Å². The van der Waals surface area contributed by atoms with Gasteiger partial charge < -0.3 is 9.32 Å². The van der Waals surface area contributed by atoms with Crippen LogP contribution in [0.2, 0.25) is 0 Å². The van der Waals surface area contributed by atoms with E-state index in [0.29, 0.717) is 6.04 Å². The highest BCUT2D eigenvalue weighted by Crippen LogP contribution is 2.26. The third kappa shape index (κ3) is 3.94. The van der Waals surface area contributed by atoms with Gasteiger partial charge in [0, 0.05) is 51.0 Å². The summed E-state index contributed by atoms with van der Waals surface area (Å²) in [6.07, 6.45) is 4.13. The maximum Gasteiger partial charge on any atom is 0.123 e. The Balaban J connectivity index is 1.26. The monoisotopic (exact) mass is 357 g/mol. The Morgan fingerprint density at radius 2 is 1.81 bits per heavy atom. The molecule has 5 heteroatoms. The SMILES string of the molecule is Cc1cc(F)ccc1N1CCC(N2CCN(Cc3ccco3)CC2)CC1. The number of furan rings is 1. The van der Waals surface area contributed by atoms with E-state index in [9.17, 15) is 4.39 Å². The number of piperidine rings is 1. The number of hydrogen-bond acceptors (Lipinski definition) is 4. The molecule has 0 spiro atoms. The molecule has 0 aliphatic carbocycles. The van der Waals surface area contributed by atoms with Gasteiger partial charge in [-0.3, -0.25) is 9.80 Å². The number of hydrogen-bond donors (Lipinski definition) is 0. The zero-order chi connectivity index (χ0) is 17.9. The summed E-state index contributed by atoms with van der Waals surface area (Å²) < 4.78 is 18.8. The first-order valence-electron chi connectivity index (χ1n) is 9.69. The lowest BCUT2D eigenvalue weighted by Gasteiger charge is -2.43. The Morgan fingerprint density at radius 1 is 1.04 bits per heavy atom. The van der Waals surface area contributed by atoms with Crippen LogP contribution in [0, 0.1) is 12.7 Å². The van der Waals surface area contributed by atoms with E-state index in [1.165, 1.54) is 18.5 Å². The number of anilines is 1. The van der Waals surface area contributed by atoms with E-state index in [4.69, 9.17) is 4.42 Å². The van der Waals surface area contributed by atoms with Crippen molar-refractivity contribution in [2.24, 2.45) is 0 Å². The average Bonchev–Trinajstić information content (AvgIpc) is 3.16. The highest BCUT2D eigenvalue weighted by atomic mass is 19.1. The topological polar surface area (TPSA) is 22.9 Å². The molecule has 2 fully saturated rings. The van der Waals surface area contributed by atoms with Gasteiger partial charge in [-0.05, 0) is 55.7 Å². The standard InChI is InChI=1S/C21H28FN3O/c1-17-15-18(22)4-5-21(17)25-8-6-19(7-9-25)24-12-10-23(11-13-24)16-20-3-2-14-26-20/h2-5,14-15,19H,6-13,16H2,1H3. The van der Waals surface area contributed by atoms with E-state index < -0.39 is 0 Å². The largest absolute Gasteiger partial charge is 0.468 e. The van der Waals surface area contributed by atoms with Crippen molar-refractivity contribution in [1.29, 1.82) is 0 Å². The van der Waals surface area contributed by atoms with Crippen molar-refractivity contribution in [3.8, 4) is 0 Å². The van der Waals surface area contributed by atoms with E-state index in [1.807, 2.05) is 19.1 Å². The van der Waals surface area contributed by atoms with Crippen LogP contribution < -0.4 is 4.90 Å². The van der Waals surface area contributed by atoms with Gasteiger partial charge in [0.25, 0.3) is 0 Å². The Kier molecular flexibility index (Phi) is 5.27. The number of benzene rings is 1. The van der Waals surface area contributed by atoms with Crippen LogP contribution in [-0.4, -0.2) is 55.1 Å². The van der Waals surface area contributed by atoms with Crippen molar-refractivity contribution in [2.45, 2.75) is 32.4 Å². The van der Waals surface area contributed by atoms with Gasteiger partial charge in [-0.2, -0.15) is 0 Å². The van der Waals surface area contributed by atoms with Gasteiger partial charge in [-0.1, -0.05) is 0 Å². The highest BCUT2D eigenvalue weighted by molar-refractivity contribution is 5.53. The molecule has 26 heavy (non-hydrogen) atoms. The minimum absolute atomic E-state index is 0.145. The molecule has 3 heterocycles. The molecule has 140 valence electrons. The second-order valence-electron chi connectivity index (χ2n) is 7.54. The Hall–Kier alpha value is -1.85. The summed E-state index contributed by atoms with van der Waals surface area (Å²) in [5, 5.41) is 0. The first kappa shape index (κ1) is 17.6. The summed E-state index contributed by atoms with van der Waals surface area (Å²) in [5.74, 6) is 0.912. The molecule has 2 aliphatic heterocycles. The lowest BCUT2D eigenvalue weighted by atomic mass is 10.0. The fourth-order valence-electron chi connectivity index (χ4n) is 4.36. The zero-order valence-corrected chi connectivity index (χ0v) is 15.5. The van der Waals surface area contributed by atoms with Crippen LogP contribution >= 0.6 is 0 Å². The average molecular weight is 357 g/mol. The minimum atomic E-state index is -0.145. The van der Waals surface area contributed by atoms with Crippen molar-refractivity contribution < 1.29 is 8.81 Å². The van der Waals surface area contributed by atoms with Crippen molar-refractivity contribution in [3.63, 3.8) is 0 Å². The lowest BCUT2D eigenvalue weighted by molar-refractivity contribution is 0.0776. The number of rotatable bonds is 4. The van der Waals surface area contributed by atoms with E-state index in [-0.39, 0.29) is 5.82 Å². The molecule has 0 atom stereocenters. The maximum atomic E-state index is 13.3. The summed E-state index contributed by atoms with van der Waals surface area (Å²) >= 11 is 0. The third-order valence-corrected chi connectivity index (χ3v) is 5.85. The van der Waals surface area contributed by atoms with Crippen LogP contribution in [0.25, 0.3) is 0 Å². The predicted octanol–water partition coefficient (Wildman–Crippen LogP) is 3.51. The molecule has 2 saturated heterocycles. The molecule has 4 nitrogen and oxygen atoms in total. The fraction of sp³-hybridized carbons (Fsp3) is 0.524. The van der Waals surface area contributed by atoms with Gasteiger partial charge in [0.05, 0.1) is 12.8 Å². The molecule has 0 unspecified atom stereocenters. The van der Waals surface area contributed by atoms with Crippen LogP contribution in [0.5, 0.6) is 0 Å². The maximum absolute atomic E-state index is 13.3. The second kappa shape index (κ2) is 7.80. The molecule has 0 N–H and O–H groups in total. The van der Waals surface area contributed by atoms with Gasteiger partial charge in [0.15, 0.2) is 0 Å². The van der Waals surface area contributed by atoms with Crippen LogP contribution in [0.4, 0.5) is 10.1 Å². The van der Waals surface area contributed by atoms with E-state index >= 15 is 0 Å². The molecule has 2 aromatic rings. The molecule has 0 amide bonds. The van der Waals surface area contributed by atoms with Gasteiger partial charge in [-0.15, -0.1) is 0 Å². The van der Waals surface area contributed by atoms with E-state index in [2.05, 4.69) is 20.8 Å². The number of halogens is 1. The normalized spacial score (nSPS) is 20.6. The zero-order valence-electron chi connectivity index (χ0n) is 15.5.